The smallest absolute Gasteiger partial charge is 0.270 e. The van der Waals surface area contributed by atoms with E-state index in [9.17, 15) is 4.79 Å². The van der Waals surface area contributed by atoms with Crippen LogP contribution in [0, 0.1) is 20.8 Å². The van der Waals surface area contributed by atoms with Gasteiger partial charge in [-0.25, -0.2) is 4.68 Å². The standard InChI is InChI=1S/C34H33N3O/c1-24-11-10-16-30(21-24)37-33(23-32(36-37)29-18-17-25(2)26(3)22-29)34(38)35-20-19-31(27-12-6-4-7-13-27)28-14-8-5-9-15-28/h4-18,21-23,31H,19-20H2,1-3H3,(H,35,38). The minimum absolute atomic E-state index is 0.131. The Balaban J connectivity index is 1.41. The number of carbonyl (C=O) groups excluding carboxylic acids is 1. The summed E-state index contributed by atoms with van der Waals surface area (Å²) in [6, 6.07) is 37.2. The number of hydrogen-bond acceptors (Lipinski definition) is 2. The molecule has 1 aromatic heterocycles. The summed E-state index contributed by atoms with van der Waals surface area (Å²) in [5.41, 5.74) is 9.22. The third-order valence-corrected chi connectivity index (χ3v) is 7.11. The maximum atomic E-state index is 13.6. The molecule has 0 atom stereocenters. The summed E-state index contributed by atoms with van der Waals surface area (Å²) in [6.07, 6.45) is 0.794. The number of rotatable bonds is 8. The van der Waals surface area contributed by atoms with Gasteiger partial charge in [0.15, 0.2) is 0 Å². The highest BCUT2D eigenvalue weighted by molar-refractivity contribution is 5.94. The second-order valence-electron chi connectivity index (χ2n) is 9.88. The lowest BCUT2D eigenvalue weighted by Crippen LogP contribution is -2.28. The molecule has 0 aliphatic rings. The molecule has 0 saturated heterocycles. The van der Waals surface area contributed by atoms with Gasteiger partial charge in [0.25, 0.3) is 5.91 Å². The molecule has 0 aliphatic heterocycles. The molecule has 4 nitrogen and oxygen atoms in total. The maximum absolute atomic E-state index is 13.6. The number of nitrogens with zero attached hydrogens (tertiary/aromatic N) is 2. The first kappa shape index (κ1) is 25.2. The molecule has 0 fully saturated rings. The zero-order chi connectivity index (χ0) is 26.5. The first-order chi connectivity index (χ1) is 18.5. The highest BCUT2D eigenvalue weighted by atomic mass is 16.2. The molecule has 190 valence electrons. The predicted molar refractivity (Wildman–Crippen MR) is 155 cm³/mol. The van der Waals surface area contributed by atoms with Crippen molar-refractivity contribution in [3.63, 3.8) is 0 Å². The van der Waals surface area contributed by atoms with Gasteiger partial charge < -0.3 is 5.32 Å². The van der Waals surface area contributed by atoms with Gasteiger partial charge in [0.05, 0.1) is 11.4 Å². The van der Waals surface area contributed by atoms with E-state index in [2.05, 4.69) is 92.0 Å². The monoisotopic (exact) mass is 499 g/mol. The molecule has 0 unspecified atom stereocenters. The summed E-state index contributed by atoms with van der Waals surface area (Å²) in [4.78, 5) is 13.6. The van der Waals surface area contributed by atoms with Crippen LogP contribution in [0.25, 0.3) is 16.9 Å². The van der Waals surface area contributed by atoms with Crippen molar-refractivity contribution in [1.82, 2.24) is 15.1 Å². The molecular formula is C34H33N3O. The molecule has 0 spiro atoms. The van der Waals surface area contributed by atoms with Crippen molar-refractivity contribution in [1.29, 1.82) is 0 Å². The second kappa shape index (κ2) is 11.3. The van der Waals surface area contributed by atoms with Gasteiger partial charge in [0, 0.05) is 18.0 Å². The number of amides is 1. The van der Waals surface area contributed by atoms with Crippen molar-refractivity contribution in [3.8, 4) is 16.9 Å². The van der Waals surface area contributed by atoms with Crippen LogP contribution >= 0.6 is 0 Å². The van der Waals surface area contributed by atoms with E-state index in [1.165, 1.54) is 22.3 Å². The number of aromatic nitrogens is 2. The van der Waals surface area contributed by atoms with Gasteiger partial charge in [-0.15, -0.1) is 0 Å². The SMILES string of the molecule is Cc1cccc(-n2nc(-c3ccc(C)c(C)c3)cc2C(=O)NCCC(c2ccccc2)c2ccccc2)c1. The van der Waals surface area contributed by atoms with E-state index in [0.717, 1.165) is 28.9 Å². The highest BCUT2D eigenvalue weighted by Crippen LogP contribution is 2.28. The largest absolute Gasteiger partial charge is 0.351 e. The summed E-state index contributed by atoms with van der Waals surface area (Å²) in [7, 11) is 0. The lowest BCUT2D eigenvalue weighted by Gasteiger charge is -2.18. The quantitative estimate of drug-likeness (QED) is 0.241. The fourth-order valence-corrected chi connectivity index (χ4v) is 4.86. The van der Waals surface area contributed by atoms with Gasteiger partial charge in [0.2, 0.25) is 0 Å². The maximum Gasteiger partial charge on any atom is 0.270 e. The number of benzene rings is 4. The molecule has 38 heavy (non-hydrogen) atoms. The van der Waals surface area contributed by atoms with Crippen LogP contribution in [0.15, 0.2) is 109 Å². The molecule has 0 aliphatic carbocycles. The van der Waals surface area contributed by atoms with Crippen LogP contribution < -0.4 is 5.32 Å². The molecule has 1 heterocycles. The van der Waals surface area contributed by atoms with Gasteiger partial charge in [0.1, 0.15) is 5.69 Å². The lowest BCUT2D eigenvalue weighted by atomic mass is 9.88. The van der Waals surface area contributed by atoms with E-state index < -0.39 is 0 Å². The van der Waals surface area contributed by atoms with Crippen molar-refractivity contribution in [2.45, 2.75) is 33.1 Å². The second-order valence-corrected chi connectivity index (χ2v) is 9.88. The van der Waals surface area contributed by atoms with Crippen LogP contribution in [0.4, 0.5) is 0 Å². The number of carbonyl (C=O) groups is 1. The molecule has 0 radical (unpaired) electrons. The Bertz CT molecular complexity index is 1500. The number of hydrogen-bond donors (Lipinski definition) is 1. The summed E-state index contributed by atoms with van der Waals surface area (Å²) in [5.74, 6) is 0.0689. The lowest BCUT2D eigenvalue weighted by molar-refractivity contribution is 0.0945. The summed E-state index contributed by atoms with van der Waals surface area (Å²) in [6.45, 7) is 6.79. The average Bonchev–Trinajstić information content (AvgIpc) is 3.39. The van der Waals surface area contributed by atoms with Crippen LogP contribution in [0.2, 0.25) is 0 Å². The molecular weight excluding hydrogens is 466 g/mol. The molecule has 5 rings (SSSR count). The Hall–Kier alpha value is -4.44. The van der Waals surface area contributed by atoms with Crippen molar-refractivity contribution >= 4 is 5.91 Å². The van der Waals surface area contributed by atoms with Crippen LogP contribution in [0.3, 0.4) is 0 Å². The van der Waals surface area contributed by atoms with Crippen LogP contribution in [0.5, 0.6) is 0 Å². The third-order valence-electron chi connectivity index (χ3n) is 7.11. The Morgan fingerprint density at radius 3 is 2.08 bits per heavy atom. The van der Waals surface area contributed by atoms with Gasteiger partial charge >= 0.3 is 0 Å². The van der Waals surface area contributed by atoms with E-state index in [4.69, 9.17) is 5.10 Å². The predicted octanol–water partition coefficient (Wildman–Crippen LogP) is 7.42. The Morgan fingerprint density at radius 1 is 0.763 bits per heavy atom. The Kier molecular flexibility index (Phi) is 7.50. The van der Waals surface area contributed by atoms with Gasteiger partial charge in [-0.05, 0) is 79.3 Å². The van der Waals surface area contributed by atoms with Crippen LogP contribution in [-0.4, -0.2) is 22.2 Å². The minimum atomic E-state index is -0.131. The highest BCUT2D eigenvalue weighted by Gasteiger charge is 2.19. The average molecular weight is 500 g/mol. The van der Waals surface area contributed by atoms with Crippen molar-refractivity contribution in [3.05, 3.63) is 143 Å². The van der Waals surface area contributed by atoms with Gasteiger partial charge in [-0.3, -0.25) is 4.79 Å². The van der Waals surface area contributed by atoms with E-state index in [1.807, 2.05) is 43.3 Å². The van der Waals surface area contributed by atoms with E-state index >= 15 is 0 Å². The van der Waals surface area contributed by atoms with E-state index in [0.29, 0.717) is 12.2 Å². The zero-order valence-corrected chi connectivity index (χ0v) is 22.2. The molecule has 0 saturated carbocycles. The molecule has 1 amide bonds. The molecule has 0 bridgehead atoms. The normalized spacial score (nSPS) is 11.1. The topological polar surface area (TPSA) is 46.9 Å². The fraction of sp³-hybridized carbons (Fsp3) is 0.176. The summed E-state index contributed by atoms with van der Waals surface area (Å²) >= 11 is 0. The van der Waals surface area contributed by atoms with Crippen molar-refractivity contribution < 1.29 is 4.79 Å². The first-order valence-electron chi connectivity index (χ1n) is 13.1. The van der Waals surface area contributed by atoms with Crippen LogP contribution in [-0.2, 0) is 0 Å². The zero-order valence-electron chi connectivity index (χ0n) is 22.2. The van der Waals surface area contributed by atoms with E-state index in [-0.39, 0.29) is 11.8 Å². The third kappa shape index (κ3) is 5.60. The van der Waals surface area contributed by atoms with Crippen molar-refractivity contribution in [2.24, 2.45) is 0 Å². The number of aryl methyl sites for hydroxylation is 3. The summed E-state index contributed by atoms with van der Waals surface area (Å²) in [5, 5.41) is 8.06. The molecule has 1 N–H and O–H groups in total. The van der Waals surface area contributed by atoms with Gasteiger partial charge in [-0.1, -0.05) is 84.9 Å². The summed E-state index contributed by atoms with van der Waals surface area (Å²) < 4.78 is 1.76. The number of nitrogens with one attached hydrogen (secondary N) is 1. The molecule has 4 aromatic carbocycles. The molecule has 5 aromatic rings. The Morgan fingerprint density at radius 2 is 1.45 bits per heavy atom. The van der Waals surface area contributed by atoms with E-state index in [1.54, 1.807) is 4.68 Å². The van der Waals surface area contributed by atoms with Crippen molar-refractivity contribution in [2.75, 3.05) is 6.54 Å². The Labute approximate surface area is 225 Å². The van der Waals surface area contributed by atoms with Gasteiger partial charge in [-0.2, -0.15) is 5.10 Å². The minimum Gasteiger partial charge on any atom is -0.351 e. The first-order valence-corrected chi connectivity index (χ1v) is 13.1. The van der Waals surface area contributed by atoms with Crippen LogP contribution in [0.1, 0.15) is 50.6 Å². The molecule has 4 heteroatoms. The fourth-order valence-electron chi connectivity index (χ4n) is 4.86.